The Hall–Kier alpha value is -1.99. The van der Waals surface area contributed by atoms with Crippen LogP contribution in [0, 0.1) is 0 Å². The first-order chi connectivity index (χ1) is 13.4. The van der Waals surface area contributed by atoms with E-state index < -0.39 is 35.2 Å². The molecule has 0 saturated carbocycles. The molecule has 0 nitrogen and oxygen atoms in total. The number of allylic oxidation sites excluding steroid dienone is 4. The summed E-state index contributed by atoms with van der Waals surface area (Å²) < 4.78 is 0. The molecule has 0 saturated heterocycles. The van der Waals surface area contributed by atoms with E-state index in [1.54, 1.807) is 0 Å². The van der Waals surface area contributed by atoms with Crippen molar-refractivity contribution in [2.75, 3.05) is 0 Å². The van der Waals surface area contributed by atoms with Crippen LogP contribution in [0.25, 0.3) is 0 Å². The molecule has 0 aromatic heterocycles. The largest absolute Gasteiger partial charge is 0.148 e. The van der Waals surface area contributed by atoms with E-state index in [1.807, 2.05) is 24.3 Å². The van der Waals surface area contributed by atoms with Gasteiger partial charge in [-0.3, -0.25) is 0 Å². The van der Waals surface area contributed by atoms with Crippen LogP contribution in [0.5, 0.6) is 0 Å². The summed E-state index contributed by atoms with van der Waals surface area (Å²) in [5.41, 5.74) is 23.0. The Morgan fingerprint density at radius 1 is 0.464 bits per heavy atom. The van der Waals surface area contributed by atoms with Crippen molar-refractivity contribution in [3.8, 4) is 0 Å². The van der Waals surface area contributed by atoms with E-state index in [0.717, 1.165) is 0 Å². The first-order valence-corrected chi connectivity index (χ1v) is 17.4. The van der Waals surface area contributed by atoms with Gasteiger partial charge < -0.3 is 0 Å². The summed E-state index contributed by atoms with van der Waals surface area (Å²) in [6.07, 6.45) is 7.91. The molecule has 0 aliphatic heterocycles. The van der Waals surface area contributed by atoms with Gasteiger partial charge in [-0.05, 0) is 11.1 Å². The van der Waals surface area contributed by atoms with Crippen LogP contribution in [0.15, 0.2) is 134 Å². The number of rotatable bonds is 16. The fourth-order valence-electron chi connectivity index (χ4n) is 2.55. The zero-order chi connectivity index (χ0) is 21.5. The highest BCUT2D eigenvalue weighted by molar-refractivity contribution is 7.02. The van der Waals surface area contributed by atoms with Gasteiger partial charge in [-0.1, -0.05) is 69.9 Å². The van der Waals surface area contributed by atoms with E-state index in [0.29, 0.717) is 11.1 Å². The predicted molar refractivity (Wildman–Crippen MR) is 145 cm³/mol. The van der Waals surface area contributed by atoms with Crippen LogP contribution in [0.3, 0.4) is 0 Å². The second kappa shape index (κ2) is 14.1. The van der Waals surface area contributed by atoms with Crippen LogP contribution >= 0.6 is 0 Å². The van der Waals surface area contributed by atoms with Crippen molar-refractivity contribution in [1.29, 1.82) is 0 Å². The van der Waals surface area contributed by atoms with Crippen molar-refractivity contribution >= 4 is 35.2 Å². The minimum Gasteiger partial charge on any atom is -0.107 e. The van der Waals surface area contributed by atoms with Crippen LogP contribution in [0.1, 0.15) is 0 Å². The summed E-state index contributed by atoms with van der Waals surface area (Å²) in [5, 5.41) is 0. The summed E-state index contributed by atoms with van der Waals surface area (Å²) in [5.74, 6) is 0. The fourth-order valence-corrected chi connectivity index (χ4v) is 12.3. The lowest BCUT2D eigenvalue weighted by atomic mass is 10.4. The summed E-state index contributed by atoms with van der Waals surface area (Å²) in [6.45, 7) is 31.9. The molecule has 0 atom stereocenters. The molecule has 4 heteroatoms. The third-order valence-electron chi connectivity index (χ3n) is 4.92. The van der Waals surface area contributed by atoms with Gasteiger partial charge in [0.25, 0.3) is 0 Å². The van der Waals surface area contributed by atoms with Crippen LogP contribution < -0.4 is 0 Å². The smallest absolute Gasteiger partial charge is 0.107 e. The van der Waals surface area contributed by atoms with E-state index >= 15 is 0 Å². The van der Waals surface area contributed by atoms with Crippen molar-refractivity contribution in [2.24, 2.45) is 0 Å². The van der Waals surface area contributed by atoms with Gasteiger partial charge in [0.15, 0.2) is 0 Å². The van der Waals surface area contributed by atoms with Gasteiger partial charge in [0.2, 0.25) is 0 Å². The zero-order valence-electron chi connectivity index (χ0n) is 17.3. The average molecular weight is 437 g/mol. The monoisotopic (exact) mass is 436 g/mol. The van der Waals surface area contributed by atoms with Crippen molar-refractivity contribution in [3.05, 3.63) is 134 Å². The quantitative estimate of drug-likeness (QED) is 0.231. The lowest BCUT2D eigenvalue weighted by molar-refractivity contribution is 1.38. The average Bonchev–Trinajstić information content (AvgIpc) is 2.75. The first-order valence-electron chi connectivity index (χ1n) is 9.54. The maximum absolute atomic E-state index is 4.10. The molecular formula is C24H36Si4. The van der Waals surface area contributed by atoms with E-state index in [2.05, 4.69) is 110 Å². The zero-order valence-corrected chi connectivity index (χ0v) is 22.1. The molecule has 0 N–H and O–H groups in total. The molecule has 0 heterocycles. The summed E-state index contributed by atoms with van der Waals surface area (Å²) >= 11 is 0. The van der Waals surface area contributed by atoms with Crippen LogP contribution in [-0.2, 0) is 0 Å². The maximum atomic E-state index is 4.10. The molecule has 0 aliphatic carbocycles. The van der Waals surface area contributed by atoms with Gasteiger partial charge >= 0.3 is 0 Å². The van der Waals surface area contributed by atoms with Gasteiger partial charge in [0, 0.05) is 0 Å². The van der Waals surface area contributed by atoms with Crippen molar-refractivity contribution in [3.63, 3.8) is 0 Å². The van der Waals surface area contributed by atoms with Gasteiger partial charge in [0.1, 0.15) is 16.1 Å². The molecule has 0 aliphatic rings. The molecule has 0 radical (unpaired) electrons. The highest BCUT2D eigenvalue weighted by Crippen LogP contribution is 2.17. The van der Waals surface area contributed by atoms with E-state index in [1.165, 1.54) is 0 Å². The standard InChI is InChI=1S/C24H36Si4/c1-9-23(10-2)25-17-19-27(13-5,14-6)21-22-28(15-7,16-8)20-18-26-24(11-3)12-4/h9-24H,1-8,25-26H2. The second-order valence-corrected chi connectivity index (χ2v) is 17.4. The van der Waals surface area contributed by atoms with E-state index in [9.17, 15) is 0 Å². The molecule has 0 spiro atoms. The van der Waals surface area contributed by atoms with Crippen LogP contribution in [0.4, 0.5) is 0 Å². The highest BCUT2D eigenvalue weighted by Gasteiger charge is 2.23. The molecule has 0 rings (SSSR count). The van der Waals surface area contributed by atoms with Crippen LogP contribution in [-0.4, -0.2) is 35.2 Å². The Morgan fingerprint density at radius 3 is 0.964 bits per heavy atom. The Balaban J connectivity index is 5.64. The third-order valence-corrected chi connectivity index (χ3v) is 15.6. The van der Waals surface area contributed by atoms with E-state index in [4.69, 9.17) is 0 Å². The summed E-state index contributed by atoms with van der Waals surface area (Å²) in [6, 6.07) is 0. The minimum atomic E-state index is -2.04. The van der Waals surface area contributed by atoms with Crippen LogP contribution in [0.2, 0.25) is 11.1 Å². The second-order valence-electron chi connectivity index (χ2n) is 6.70. The Morgan fingerprint density at radius 2 is 0.750 bits per heavy atom. The maximum Gasteiger partial charge on any atom is 0.148 e. The molecule has 0 fully saturated rings. The van der Waals surface area contributed by atoms with Gasteiger partial charge in [-0.2, -0.15) is 0 Å². The first kappa shape index (κ1) is 26.0. The van der Waals surface area contributed by atoms with Gasteiger partial charge in [-0.25, -0.2) is 0 Å². The normalized spacial score (nSPS) is 13.4. The van der Waals surface area contributed by atoms with Crippen molar-refractivity contribution < 1.29 is 0 Å². The third kappa shape index (κ3) is 8.35. The van der Waals surface area contributed by atoms with Gasteiger partial charge in [0.05, 0.1) is 19.0 Å². The van der Waals surface area contributed by atoms with Crippen molar-refractivity contribution in [2.45, 2.75) is 11.1 Å². The Labute approximate surface area is 179 Å². The topological polar surface area (TPSA) is 0 Å². The number of hydrogen-bond donors (Lipinski definition) is 0. The SMILES string of the molecule is C=CC(C=C)[SiH2]C=C[Si](C=C)(C=C)C=C[Si](C=C)(C=C)C=C[SiH2]C(C=C)C=C. The number of hydrogen-bond acceptors (Lipinski definition) is 0. The highest BCUT2D eigenvalue weighted by atomic mass is 28.3. The fraction of sp³-hybridized carbons (Fsp3) is 0.0833. The van der Waals surface area contributed by atoms with E-state index in [-0.39, 0.29) is 0 Å². The molecule has 0 bridgehead atoms. The minimum absolute atomic E-state index is 0.423. The molecule has 0 unspecified atom stereocenters. The lowest BCUT2D eigenvalue weighted by Crippen LogP contribution is -2.30. The lowest BCUT2D eigenvalue weighted by Gasteiger charge is -2.20. The molecule has 0 amide bonds. The van der Waals surface area contributed by atoms with Crippen molar-refractivity contribution in [1.82, 2.24) is 0 Å². The molecule has 0 aromatic carbocycles. The Bertz CT molecular complexity index is 589. The Kier molecular flexibility index (Phi) is 13.1. The molecule has 0 aromatic rings. The predicted octanol–water partition coefficient (Wildman–Crippen LogP) is 5.18. The summed E-state index contributed by atoms with van der Waals surface area (Å²) in [7, 11) is -4.93. The summed E-state index contributed by atoms with van der Waals surface area (Å²) in [4.78, 5) is 0. The molecule has 28 heavy (non-hydrogen) atoms. The van der Waals surface area contributed by atoms with Gasteiger partial charge in [-0.15, -0.1) is 64.0 Å². The molecule has 148 valence electrons. The molecular weight excluding hydrogens is 401 g/mol.